The number of anilines is 2. The van der Waals surface area contributed by atoms with Crippen LogP contribution in [-0.2, 0) is 12.3 Å². The molecule has 0 fully saturated rings. The normalized spacial score (nSPS) is 12.0. The summed E-state index contributed by atoms with van der Waals surface area (Å²) in [4.78, 5) is 12.9. The highest BCUT2D eigenvalue weighted by atomic mass is 79.9. The van der Waals surface area contributed by atoms with Gasteiger partial charge in [0.05, 0.1) is 0 Å². The first kappa shape index (κ1) is 19.5. The molecule has 7 nitrogen and oxygen atoms in total. The Hall–Kier alpha value is -2.78. The summed E-state index contributed by atoms with van der Waals surface area (Å²) < 4.78 is 13.2. The lowest BCUT2D eigenvalue weighted by Gasteiger charge is -2.12. The summed E-state index contributed by atoms with van der Waals surface area (Å²) in [6.07, 6.45) is 1.66. The minimum atomic E-state index is -0.268. The van der Waals surface area contributed by atoms with Gasteiger partial charge < -0.3 is 14.8 Å². The zero-order valence-electron chi connectivity index (χ0n) is 15.3. The summed E-state index contributed by atoms with van der Waals surface area (Å²) >= 11 is 4.88. The van der Waals surface area contributed by atoms with Gasteiger partial charge in [-0.15, -0.1) is 16.8 Å². The van der Waals surface area contributed by atoms with Gasteiger partial charge in [-0.25, -0.2) is 0 Å². The molecule has 1 aliphatic rings. The van der Waals surface area contributed by atoms with Crippen molar-refractivity contribution in [3.05, 3.63) is 75.5 Å². The molecular weight excluding hydrogens is 456 g/mol. The highest BCUT2D eigenvalue weighted by molar-refractivity contribution is 9.10. The lowest BCUT2D eigenvalue weighted by molar-refractivity contribution is 0.174. The lowest BCUT2D eigenvalue weighted by atomic mass is 10.2. The van der Waals surface area contributed by atoms with Crippen molar-refractivity contribution < 1.29 is 9.47 Å². The molecule has 0 aliphatic carbocycles. The summed E-state index contributed by atoms with van der Waals surface area (Å²) in [5, 5.41) is 11.9. The molecule has 0 saturated carbocycles. The first-order valence-corrected chi connectivity index (χ1v) is 10.5. The Bertz CT molecular complexity index is 1100. The second kappa shape index (κ2) is 8.71. The van der Waals surface area contributed by atoms with Gasteiger partial charge in [0.15, 0.2) is 16.7 Å². The molecule has 148 valence electrons. The molecule has 2 heterocycles. The van der Waals surface area contributed by atoms with Crippen molar-refractivity contribution >= 4 is 39.2 Å². The number of halogens is 1. The lowest BCUT2D eigenvalue weighted by Crippen LogP contribution is -2.26. The zero-order chi connectivity index (χ0) is 20.2. The van der Waals surface area contributed by atoms with E-state index < -0.39 is 0 Å². The van der Waals surface area contributed by atoms with Crippen molar-refractivity contribution in [1.29, 1.82) is 0 Å². The Balaban J connectivity index is 1.56. The van der Waals surface area contributed by atoms with E-state index in [1.807, 2.05) is 24.3 Å². The number of nitrogens with one attached hydrogen (secondary N) is 1. The molecule has 0 spiro atoms. The van der Waals surface area contributed by atoms with Gasteiger partial charge in [-0.1, -0.05) is 45.9 Å². The standard InChI is InChI=1S/C20H17BrN4O3S/c1-2-9-25-19(26)18(22-15-7-8-16-17(10-15)28-12-27-16)23-24-20(25)29-11-13-3-5-14(21)6-4-13/h2-8,10H,1,9,11-12H2,(H,22,23). The maximum absolute atomic E-state index is 12.9. The third kappa shape index (κ3) is 4.46. The SMILES string of the molecule is C=CCn1c(SCc2ccc(Br)cc2)nnc(Nc2ccc3c(c2)OCO3)c1=O. The summed E-state index contributed by atoms with van der Waals surface area (Å²) in [6.45, 7) is 4.28. The molecule has 1 N–H and O–H groups in total. The molecular formula is C20H17BrN4O3S. The summed E-state index contributed by atoms with van der Waals surface area (Å²) in [6, 6.07) is 13.3. The molecule has 0 saturated heterocycles. The minimum absolute atomic E-state index is 0.138. The monoisotopic (exact) mass is 472 g/mol. The van der Waals surface area contributed by atoms with E-state index in [0.29, 0.717) is 34.6 Å². The van der Waals surface area contributed by atoms with Gasteiger partial charge in [-0.3, -0.25) is 9.36 Å². The molecule has 0 unspecified atom stereocenters. The summed E-state index contributed by atoms with van der Waals surface area (Å²) in [5.74, 6) is 2.10. The topological polar surface area (TPSA) is 78.3 Å². The quantitative estimate of drug-likeness (QED) is 0.404. The maximum Gasteiger partial charge on any atom is 0.297 e. The molecule has 0 atom stereocenters. The van der Waals surface area contributed by atoms with E-state index in [4.69, 9.17) is 9.47 Å². The van der Waals surface area contributed by atoms with Crippen LogP contribution in [0, 0.1) is 0 Å². The average molecular weight is 473 g/mol. The predicted octanol–water partition coefficient (Wildman–Crippen LogP) is 4.35. The second-order valence-corrected chi connectivity index (χ2v) is 8.00. The number of aromatic nitrogens is 3. The maximum atomic E-state index is 12.9. The third-order valence-electron chi connectivity index (χ3n) is 4.14. The van der Waals surface area contributed by atoms with Crippen LogP contribution in [0.3, 0.4) is 0 Å². The number of fused-ring (bicyclic) bond motifs is 1. The number of benzene rings is 2. The van der Waals surface area contributed by atoms with Crippen LogP contribution in [0.25, 0.3) is 0 Å². The highest BCUT2D eigenvalue weighted by Gasteiger charge is 2.16. The molecule has 3 aromatic rings. The number of rotatable bonds is 7. The van der Waals surface area contributed by atoms with Gasteiger partial charge in [0, 0.05) is 28.5 Å². The fraction of sp³-hybridized carbons (Fsp3) is 0.150. The van der Waals surface area contributed by atoms with E-state index in [9.17, 15) is 4.79 Å². The highest BCUT2D eigenvalue weighted by Crippen LogP contribution is 2.34. The average Bonchev–Trinajstić information content (AvgIpc) is 3.19. The van der Waals surface area contributed by atoms with E-state index in [-0.39, 0.29) is 18.2 Å². The Morgan fingerprint density at radius 1 is 1.17 bits per heavy atom. The fourth-order valence-electron chi connectivity index (χ4n) is 2.72. The van der Waals surface area contributed by atoms with E-state index in [2.05, 4.69) is 38.0 Å². The first-order valence-electron chi connectivity index (χ1n) is 8.76. The van der Waals surface area contributed by atoms with Gasteiger partial charge in [0.25, 0.3) is 5.56 Å². The number of thioether (sulfide) groups is 1. The Labute approximate surface area is 179 Å². The molecule has 1 aliphatic heterocycles. The third-order valence-corrected chi connectivity index (χ3v) is 5.71. The number of hydrogen-bond donors (Lipinski definition) is 1. The molecule has 1 aromatic heterocycles. The van der Waals surface area contributed by atoms with Crippen LogP contribution in [-0.4, -0.2) is 21.6 Å². The minimum Gasteiger partial charge on any atom is -0.454 e. The van der Waals surface area contributed by atoms with Crippen molar-refractivity contribution in [3.63, 3.8) is 0 Å². The number of hydrogen-bond acceptors (Lipinski definition) is 7. The van der Waals surface area contributed by atoms with Crippen molar-refractivity contribution in [2.75, 3.05) is 12.1 Å². The van der Waals surface area contributed by atoms with Crippen LogP contribution in [0.1, 0.15) is 5.56 Å². The molecule has 9 heteroatoms. The van der Waals surface area contributed by atoms with Crippen molar-refractivity contribution in [1.82, 2.24) is 14.8 Å². The molecule has 4 rings (SSSR count). The van der Waals surface area contributed by atoms with E-state index in [0.717, 1.165) is 10.0 Å². The Morgan fingerprint density at radius 3 is 2.76 bits per heavy atom. The molecule has 0 radical (unpaired) electrons. The van der Waals surface area contributed by atoms with Crippen LogP contribution < -0.4 is 20.3 Å². The summed E-state index contributed by atoms with van der Waals surface area (Å²) in [5.41, 5.74) is 1.53. The largest absolute Gasteiger partial charge is 0.454 e. The van der Waals surface area contributed by atoms with Crippen LogP contribution >= 0.6 is 27.7 Å². The van der Waals surface area contributed by atoms with Crippen molar-refractivity contribution in [2.45, 2.75) is 17.5 Å². The van der Waals surface area contributed by atoms with Gasteiger partial charge in [-0.05, 0) is 29.8 Å². The second-order valence-electron chi connectivity index (χ2n) is 6.14. The smallest absolute Gasteiger partial charge is 0.297 e. The number of ether oxygens (including phenoxy) is 2. The molecule has 0 amide bonds. The Morgan fingerprint density at radius 2 is 1.97 bits per heavy atom. The van der Waals surface area contributed by atoms with Crippen molar-refractivity contribution in [3.8, 4) is 11.5 Å². The van der Waals surface area contributed by atoms with Gasteiger partial charge >= 0.3 is 0 Å². The van der Waals surface area contributed by atoms with Crippen LogP contribution in [0.5, 0.6) is 11.5 Å². The summed E-state index contributed by atoms with van der Waals surface area (Å²) in [7, 11) is 0. The van der Waals surface area contributed by atoms with E-state index in [1.165, 1.54) is 11.8 Å². The number of allylic oxidation sites excluding steroid dienone is 1. The first-order chi connectivity index (χ1) is 14.1. The van der Waals surface area contributed by atoms with Crippen molar-refractivity contribution in [2.24, 2.45) is 0 Å². The van der Waals surface area contributed by atoms with Gasteiger partial charge in [0.1, 0.15) is 0 Å². The zero-order valence-corrected chi connectivity index (χ0v) is 17.7. The fourth-order valence-corrected chi connectivity index (χ4v) is 3.88. The predicted molar refractivity (Wildman–Crippen MR) is 116 cm³/mol. The molecule has 2 aromatic carbocycles. The van der Waals surface area contributed by atoms with Crippen LogP contribution in [0.2, 0.25) is 0 Å². The van der Waals surface area contributed by atoms with E-state index in [1.54, 1.807) is 28.8 Å². The van der Waals surface area contributed by atoms with Crippen LogP contribution in [0.15, 0.2) is 69.5 Å². The number of nitrogens with zero attached hydrogens (tertiary/aromatic N) is 3. The molecule has 0 bridgehead atoms. The van der Waals surface area contributed by atoms with Gasteiger partial charge in [0.2, 0.25) is 12.6 Å². The van der Waals surface area contributed by atoms with E-state index >= 15 is 0 Å². The van der Waals surface area contributed by atoms with Gasteiger partial charge in [-0.2, -0.15) is 0 Å². The Kier molecular flexibility index (Phi) is 5.86. The molecule has 29 heavy (non-hydrogen) atoms. The van der Waals surface area contributed by atoms with Crippen LogP contribution in [0.4, 0.5) is 11.5 Å².